The van der Waals surface area contributed by atoms with E-state index >= 15 is 0 Å². The number of halogens is 3. The van der Waals surface area contributed by atoms with Gasteiger partial charge in [-0.05, 0) is 30.9 Å². The normalized spacial score (nSPS) is 15.4. The lowest BCUT2D eigenvalue weighted by atomic mass is 10.1. The summed E-state index contributed by atoms with van der Waals surface area (Å²) in [5.41, 5.74) is 0.230. The van der Waals surface area contributed by atoms with Crippen molar-refractivity contribution in [3.63, 3.8) is 0 Å². The monoisotopic (exact) mass is 334 g/mol. The topological polar surface area (TPSA) is 78.4 Å². The molecule has 0 aromatic heterocycles. The zero-order valence-corrected chi connectivity index (χ0v) is 12.3. The van der Waals surface area contributed by atoms with Gasteiger partial charge in [-0.2, -0.15) is 0 Å². The predicted molar refractivity (Wildman–Crippen MR) is 77.3 cm³/mol. The molecule has 8 heteroatoms. The Labute approximate surface area is 130 Å². The van der Waals surface area contributed by atoms with Crippen molar-refractivity contribution >= 4 is 40.9 Å². The minimum Gasteiger partial charge on any atom is -0.481 e. The van der Waals surface area contributed by atoms with E-state index in [1.165, 1.54) is 12.1 Å². The molecule has 1 aliphatic carbocycles. The first-order chi connectivity index (χ1) is 9.86. The highest BCUT2D eigenvalue weighted by atomic mass is 35.5. The zero-order valence-electron chi connectivity index (χ0n) is 10.8. The Bertz CT molecular complexity index is 556. The first kappa shape index (κ1) is 15.9. The molecular weight excluding hydrogens is 322 g/mol. The van der Waals surface area contributed by atoms with E-state index in [2.05, 4.69) is 10.6 Å². The van der Waals surface area contributed by atoms with Crippen LogP contribution in [0.15, 0.2) is 12.1 Å². The fourth-order valence-electron chi connectivity index (χ4n) is 1.99. The molecule has 1 unspecified atom stereocenters. The summed E-state index contributed by atoms with van der Waals surface area (Å²) in [6.45, 7) is 0. The molecule has 2 amide bonds. The van der Waals surface area contributed by atoms with Gasteiger partial charge < -0.3 is 15.7 Å². The summed E-state index contributed by atoms with van der Waals surface area (Å²) in [6.07, 6.45) is 1.65. The van der Waals surface area contributed by atoms with Crippen molar-refractivity contribution in [2.45, 2.75) is 25.3 Å². The molecule has 114 valence electrons. The summed E-state index contributed by atoms with van der Waals surface area (Å²) in [4.78, 5) is 22.6. The van der Waals surface area contributed by atoms with Crippen LogP contribution in [-0.4, -0.2) is 23.1 Å². The highest BCUT2D eigenvalue weighted by Gasteiger charge is 2.33. The minimum absolute atomic E-state index is 0.136. The summed E-state index contributed by atoms with van der Waals surface area (Å²) in [6, 6.07) is 1.46. The van der Waals surface area contributed by atoms with Crippen molar-refractivity contribution in [1.29, 1.82) is 0 Å². The number of carboxylic acid groups (broad SMARTS) is 1. The summed E-state index contributed by atoms with van der Waals surface area (Å²) >= 11 is 11.3. The number of carbonyl (C=O) groups is 2. The summed E-state index contributed by atoms with van der Waals surface area (Å²) in [5.74, 6) is -1.54. The summed E-state index contributed by atoms with van der Waals surface area (Å²) < 4.78 is 13.3. The van der Waals surface area contributed by atoms with Crippen LogP contribution in [0.5, 0.6) is 0 Å². The number of rotatable bonds is 5. The number of urea groups is 1. The van der Waals surface area contributed by atoms with E-state index in [4.69, 9.17) is 28.3 Å². The van der Waals surface area contributed by atoms with Gasteiger partial charge in [0.25, 0.3) is 0 Å². The first-order valence-corrected chi connectivity index (χ1v) is 7.06. The van der Waals surface area contributed by atoms with Gasteiger partial charge in [0.2, 0.25) is 0 Å². The maximum atomic E-state index is 13.3. The van der Waals surface area contributed by atoms with E-state index in [0.29, 0.717) is 0 Å². The second kappa shape index (κ2) is 6.49. The number of aliphatic carboxylic acids is 1. The van der Waals surface area contributed by atoms with Crippen LogP contribution in [0.4, 0.5) is 14.9 Å². The van der Waals surface area contributed by atoms with Gasteiger partial charge in [0, 0.05) is 11.7 Å². The molecule has 21 heavy (non-hydrogen) atoms. The quantitative estimate of drug-likeness (QED) is 0.721. The minimum atomic E-state index is -0.972. The molecule has 2 rings (SSSR count). The van der Waals surface area contributed by atoms with Gasteiger partial charge in [-0.1, -0.05) is 23.2 Å². The molecule has 0 spiro atoms. The lowest BCUT2D eigenvalue weighted by Crippen LogP contribution is -2.40. The molecule has 1 atom stereocenters. The van der Waals surface area contributed by atoms with Crippen molar-refractivity contribution in [3.05, 3.63) is 28.0 Å². The Morgan fingerprint density at radius 3 is 2.38 bits per heavy atom. The third-order valence-corrected chi connectivity index (χ3v) is 3.69. The lowest BCUT2D eigenvalue weighted by molar-refractivity contribution is -0.137. The number of carbonyl (C=O) groups excluding carboxylic acids is 1. The van der Waals surface area contributed by atoms with E-state index in [9.17, 15) is 14.0 Å². The maximum Gasteiger partial charge on any atom is 0.319 e. The Kier molecular flexibility index (Phi) is 4.90. The molecule has 5 nitrogen and oxygen atoms in total. The van der Waals surface area contributed by atoms with Crippen molar-refractivity contribution in [3.8, 4) is 0 Å². The summed E-state index contributed by atoms with van der Waals surface area (Å²) in [7, 11) is 0. The van der Waals surface area contributed by atoms with Crippen LogP contribution < -0.4 is 10.6 Å². The fourth-order valence-corrected chi connectivity index (χ4v) is 2.47. The third kappa shape index (κ3) is 4.47. The van der Waals surface area contributed by atoms with Crippen LogP contribution >= 0.6 is 23.2 Å². The molecule has 1 fully saturated rings. The first-order valence-electron chi connectivity index (χ1n) is 6.30. The average Bonchev–Trinajstić information content (AvgIpc) is 3.18. The Morgan fingerprint density at radius 2 is 1.90 bits per heavy atom. The average molecular weight is 335 g/mol. The molecule has 1 aliphatic rings. The molecule has 0 heterocycles. The molecule has 1 aromatic rings. The second-order valence-corrected chi connectivity index (χ2v) is 5.71. The molecule has 1 aromatic carbocycles. The highest BCUT2D eigenvalue weighted by molar-refractivity contribution is 6.35. The van der Waals surface area contributed by atoms with Gasteiger partial charge in [-0.3, -0.25) is 4.79 Å². The van der Waals surface area contributed by atoms with Crippen LogP contribution in [0.1, 0.15) is 19.3 Å². The molecular formula is C13H13Cl2FN2O3. The van der Waals surface area contributed by atoms with E-state index in [1.807, 2.05) is 0 Å². The molecule has 0 saturated heterocycles. The van der Waals surface area contributed by atoms with Crippen molar-refractivity contribution in [2.24, 2.45) is 5.92 Å². The number of nitrogens with one attached hydrogen (secondary N) is 2. The van der Waals surface area contributed by atoms with Crippen molar-refractivity contribution in [2.75, 3.05) is 5.32 Å². The standard InChI is InChI=1S/C13H13Cl2FN2O3/c14-8-3-7(4-9(15)12(8)16)17-13(21)18-10(5-11(19)20)6-1-2-6/h3-4,6,10H,1-2,5H2,(H,19,20)(H2,17,18,21). The van der Waals surface area contributed by atoms with Gasteiger partial charge in [0.15, 0.2) is 5.82 Å². The lowest BCUT2D eigenvalue weighted by Gasteiger charge is -2.17. The second-order valence-electron chi connectivity index (χ2n) is 4.89. The van der Waals surface area contributed by atoms with Gasteiger partial charge in [-0.25, -0.2) is 9.18 Å². The Hall–Kier alpha value is -1.53. The highest BCUT2D eigenvalue weighted by Crippen LogP contribution is 2.34. The van der Waals surface area contributed by atoms with Crippen LogP contribution in [0.3, 0.4) is 0 Å². The van der Waals surface area contributed by atoms with Crippen molar-refractivity contribution in [1.82, 2.24) is 5.32 Å². The molecule has 3 N–H and O–H groups in total. The largest absolute Gasteiger partial charge is 0.481 e. The number of amides is 2. The van der Waals surface area contributed by atoms with E-state index < -0.39 is 23.9 Å². The van der Waals surface area contributed by atoms with Crippen LogP contribution in [-0.2, 0) is 4.79 Å². The van der Waals surface area contributed by atoms with Gasteiger partial charge >= 0.3 is 12.0 Å². The van der Waals surface area contributed by atoms with Gasteiger partial charge in [-0.15, -0.1) is 0 Å². The summed E-state index contributed by atoms with van der Waals surface area (Å²) in [5, 5.41) is 13.5. The molecule has 0 bridgehead atoms. The Balaban J connectivity index is 1.99. The number of benzene rings is 1. The zero-order chi connectivity index (χ0) is 15.6. The van der Waals surface area contributed by atoms with E-state index in [1.54, 1.807) is 0 Å². The predicted octanol–water partition coefficient (Wildman–Crippen LogP) is 3.51. The van der Waals surface area contributed by atoms with Crippen LogP contribution in [0, 0.1) is 11.7 Å². The number of anilines is 1. The van der Waals surface area contributed by atoms with Crippen LogP contribution in [0.25, 0.3) is 0 Å². The number of carboxylic acids is 1. The Morgan fingerprint density at radius 1 is 1.33 bits per heavy atom. The molecule has 0 radical (unpaired) electrons. The van der Waals surface area contributed by atoms with Crippen molar-refractivity contribution < 1.29 is 19.1 Å². The van der Waals surface area contributed by atoms with Gasteiger partial charge in [0.1, 0.15) is 0 Å². The van der Waals surface area contributed by atoms with E-state index in [-0.39, 0.29) is 28.1 Å². The number of hydrogen-bond donors (Lipinski definition) is 3. The number of hydrogen-bond acceptors (Lipinski definition) is 2. The maximum absolute atomic E-state index is 13.3. The van der Waals surface area contributed by atoms with Crippen LogP contribution in [0.2, 0.25) is 10.0 Å². The van der Waals surface area contributed by atoms with E-state index in [0.717, 1.165) is 12.8 Å². The third-order valence-electron chi connectivity index (χ3n) is 3.14. The van der Waals surface area contributed by atoms with Gasteiger partial charge in [0.05, 0.1) is 16.5 Å². The molecule has 1 saturated carbocycles. The smallest absolute Gasteiger partial charge is 0.319 e. The fraction of sp³-hybridized carbons (Fsp3) is 0.385. The molecule has 0 aliphatic heterocycles. The SMILES string of the molecule is O=C(O)CC(NC(=O)Nc1cc(Cl)c(F)c(Cl)c1)C1CC1.